The summed E-state index contributed by atoms with van der Waals surface area (Å²) in [5.41, 5.74) is 3.35. The van der Waals surface area contributed by atoms with Gasteiger partial charge in [0.05, 0.1) is 5.75 Å². The van der Waals surface area contributed by atoms with E-state index in [4.69, 9.17) is 0 Å². The van der Waals surface area contributed by atoms with Crippen LogP contribution in [0.1, 0.15) is 37.0 Å². The van der Waals surface area contributed by atoms with E-state index in [0.717, 1.165) is 27.8 Å². The Morgan fingerprint density at radius 3 is 2.52 bits per heavy atom. The summed E-state index contributed by atoms with van der Waals surface area (Å²) in [6, 6.07) is 15.7. The van der Waals surface area contributed by atoms with E-state index < -0.39 is 6.04 Å². The van der Waals surface area contributed by atoms with Crippen molar-refractivity contribution >= 4 is 39.5 Å². The monoisotopic (exact) mass is 476 g/mol. The molecule has 0 bridgehead atoms. The first kappa shape index (κ1) is 23.5. The van der Waals surface area contributed by atoms with Gasteiger partial charge in [-0.1, -0.05) is 64.8 Å². The Hall–Kier alpha value is -1.79. The van der Waals surface area contributed by atoms with E-state index in [1.54, 1.807) is 23.6 Å². The van der Waals surface area contributed by atoms with Gasteiger partial charge in [0.15, 0.2) is 0 Å². The minimum absolute atomic E-state index is 0.0206. The molecular formula is C23H29BrN2O2S. The smallest absolute Gasteiger partial charge is 0.242 e. The van der Waals surface area contributed by atoms with Gasteiger partial charge in [-0.3, -0.25) is 9.59 Å². The summed E-state index contributed by atoms with van der Waals surface area (Å²) in [6.07, 6.45) is 0.868. The van der Waals surface area contributed by atoms with Crippen LogP contribution in [0.15, 0.2) is 53.0 Å². The lowest BCUT2D eigenvalue weighted by molar-refractivity contribution is -0.138. The predicted octanol–water partition coefficient (Wildman–Crippen LogP) is 4.93. The maximum Gasteiger partial charge on any atom is 0.242 e. The molecule has 0 unspecified atom stereocenters. The number of thioether (sulfide) groups is 1. The van der Waals surface area contributed by atoms with Crippen LogP contribution in [-0.4, -0.2) is 35.1 Å². The Labute approximate surface area is 186 Å². The number of carbonyl (C=O) groups is 2. The summed E-state index contributed by atoms with van der Waals surface area (Å²) in [4.78, 5) is 27.2. The van der Waals surface area contributed by atoms with Crippen molar-refractivity contribution in [3.8, 4) is 0 Å². The third-order valence-electron chi connectivity index (χ3n) is 4.56. The quantitative estimate of drug-likeness (QED) is 0.528. The van der Waals surface area contributed by atoms with Gasteiger partial charge in [-0.15, -0.1) is 11.8 Å². The second-order valence-electron chi connectivity index (χ2n) is 7.10. The Kier molecular flexibility index (Phi) is 9.74. The van der Waals surface area contributed by atoms with Crippen molar-refractivity contribution in [1.29, 1.82) is 0 Å². The SMILES string of the molecule is CCCNC(=O)[C@@H](C)N(Cc1cccc(C)c1)C(=O)CSCc1ccc(Br)cc1. The first-order valence-corrected chi connectivity index (χ1v) is 11.8. The molecule has 0 aliphatic heterocycles. The van der Waals surface area contributed by atoms with Gasteiger partial charge < -0.3 is 10.2 Å². The first-order chi connectivity index (χ1) is 13.9. The van der Waals surface area contributed by atoms with Crippen LogP contribution >= 0.6 is 27.7 Å². The van der Waals surface area contributed by atoms with Crippen LogP contribution in [0.3, 0.4) is 0 Å². The molecule has 1 atom stereocenters. The fraction of sp³-hybridized carbons (Fsp3) is 0.391. The number of rotatable bonds is 10. The summed E-state index contributed by atoms with van der Waals surface area (Å²) < 4.78 is 1.04. The van der Waals surface area contributed by atoms with Gasteiger partial charge in [0.25, 0.3) is 0 Å². The molecule has 6 heteroatoms. The summed E-state index contributed by atoms with van der Waals surface area (Å²) >= 11 is 5.01. The van der Waals surface area contributed by atoms with Crippen molar-refractivity contribution in [3.05, 3.63) is 69.7 Å². The van der Waals surface area contributed by atoms with Gasteiger partial charge in [0.2, 0.25) is 11.8 Å². The molecule has 2 rings (SSSR count). The summed E-state index contributed by atoms with van der Waals surface area (Å²) in [5.74, 6) is 0.972. The molecule has 0 heterocycles. The molecule has 2 amide bonds. The van der Waals surface area contributed by atoms with Crippen LogP contribution in [0.2, 0.25) is 0 Å². The second kappa shape index (κ2) is 12.0. The van der Waals surface area contributed by atoms with Crippen molar-refractivity contribution in [3.63, 3.8) is 0 Å². The van der Waals surface area contributed by atoms with Gasteiger partial charge in [-0.05, 0) is 43.5 Å². The molecule has 0 fully saturated rings. The number of hydrogen-bond acceptors (Lipinski definition) is 3. The normalized spacial score (nSPS) is 11.7. The third-order valence-corrected chi connectivity index (χ3v) is 6.08. The van der Waals surface area contributed by atoms with Crippen molar-refractivity contribution in [1.82, 2.24) is 10.2 Å². The topological polar surface area (TPSA) is 49.4 Å². The molecule has 0 aliphatic carbocycles. The van der Waals surface area contributed by atoms with E-state index in [-0.39, 0.29) is 11.8 Å². The van der Waals surface area contributed by atoms with Crippen molar-refractivity contribution < 1.29 is 9.59 Å². The second-order valence-corrected chi connectivity index (χ2v) is 9.00. The largest absolute Gasteiger partial charge is 0.354 e. The molecular weight excluding hydrogens is 448 g/mol. The molecule has 0 saturated carbocycles. The molecule has 2 aromatic rings. The number of nitrogens with one attached hydrogen (secondary N) is 1. The molecule has 29 heavy (non-hydrogen) atoms. The fourth-order valence-corrected chi connectivity index (χ4v) is 4.04. The molecule has 0 spiro atoms. The van der Waals surface area contributed by atoms with Crippen molar-refractivity contribution in [2.75, 3.05) is 12.3 Å². The summed E-state index contributed by atoms with van der Waals surface area (Å²) in [7, 11) is 0. The van der Waals surface area contributed by atoms with Crippen LogP contribution in [0, 0.1) is 6.92 Å². The lowest BCUT2D eigenvalue weighted by Gasteiger charge is -2.29. The first-order valence-electron chi connectivity index (χ1n) is 9.85. The molecule has 0 radical (unpaired) electrons. The zero-order valence-corrected chi connectivity index (χ0v) is 19.7. The minimum atomic E-state index is -0.511. The number of benzene rings is 2. The van der Waals surface area contributed by atoms with Gasteiger partial charge >= 0.3 is 0 Å². The van der Waals surface area contributed by atoms with Gasteiger partial charge in [-0.2, -0.15) is 0 Å². The zero-order chi connectivity index (χ0) is 21.2. The Balaban J connectivity index is 2.04. The number of nitrogens with zero attached hydrogens (tertiary/aromatic N) is 1. The lowest BCUT2D eigenvalue weighted by atomic mass is 10.1. The van der Waals surface area contributed by atoms with Crippen molar-refractivity contribution in [2.45, 2.75) is 45.5 Å². The number of aryl methyl sites for hydroxylation is 1. The molecule has 156 valence electrons. The lowest BCUT2D eigenvalue weighted by Crippen LogP contribution is -2.48. The highest BCUT2D eigenvalue weighted by molar-refractivity contribution is 9.10. The van der Waals surface area contributed by atoms with Crippen molar-refractivity contribution in [2.24, 2.45) is 0 Å². The fourth-order valence-electron chi connectivity index (χ4n) is 2.91. The molecule has 1 N–H and O–H groups in total. The van der Waals surface area contributed by atoms with E-state index in [1.807, 2.05) is 56.3 Å². The summed E-state index contributed by atoms with van der Waals surface area (Å²) in [6.45, 7) is 6.90. The summed E-state index contributed by atoms with van der Waals surface area (Å²) in [5, 5.41) is 2.91. The van der Waals surface area contributed by atoms with Gasteiger partial charge in [-0.25, -0.2) is 0 Å². The molecule has 0 saturated heterocycles. The van der Waals surface area contributed by atoms with Crippen LogP contribution in [-0.2, 0) is 21.9 Å². The average molecular weight is 477 g/mol. The van der Waals surface area contributed by atoms with E-state index in [9.17, 15) is 9.59 Å². The number of carbonyl (C=O) groups excluding carboxylic acids is 2. The zero-order valence-electron chi connectivity index (χ0n) is 17.3. The van der Waals surface area contributed by atoms with E-state index in [0.29, 0.717) is 18.8 Å². The number of hydrogen-bond donors (Lipinski definition) is 1. The predicted molar refractivity (Wildman–Crippen MR) is 125 cm³/mol. The van der Waals surface area contributed by atoms with E-state index in [1.165, 1.54) is 5.56 Å². The number of amides is 2. The number of halogens is 1. The maximum atomic E-state index is 13.0. The molecule has 4 nitrogen and oxygen atoms in total. The minimum Gasteiger partial charge on any atom is -0.354 e. The van der Waals surface area contributed by atoms with E-state index in [2.05, 4.69) is 27.3 Å². The highest BCUT2D eigenvalue weighted by Crippen LogP contribution is 2.18. The average Bonchev–Trinajstić information content (AvgIpc) is 2.71. The standard InChI is InChI=1S/C23H29BrN2O2S/c1-4-12-25-23(28)18(3)26(14-20-7-5-6-17(2)13-20)22(27)16-29-15-19-8-10-21(24)11-9-19/h5-11,13,18H,4,12,14-16H2,1-3H3,(H,25,28)/t18-/m1/s1. The molecule has 0 aromatic heterocycles. The van der Waals surface area contributed by atoms with Crippen LogP contribution in [0.4, 0.5) is 0 Å². The maximum absolute atomic E-state index is 13.0. The molecule has 2 aromatic carbocycles. The van der Waals surface area contributed by atoms with Gasteiger partial charge in [0.1, 0.15) is 6.04 Å². The van der Waals surface area contributed by atoms with Crippen LogP contribution < -0.4 is 5.32 Å². The van der Waals surface area contributed by atoms with Gasteiger partial charge in [0, 0.05) is 23.3 Å². The van der Waals surface area contributed by atoms with Crippen LogP contribution in [0.5, 0.6) is 0 Å². The van der Waals surface area contributed by atoms with E-state index >= 15 is 0 Å². The van der Waals surface area contributed by atoms with Crippen LogP contribution in [0.25, 0.3) is 0 Å². The molecule has 0 aliphatic rings. The highest BCUT2D eigenvalue weighted by atomic mass is 79.9. The Bertz CT molecular complexity index is 811. The highest BCUT2D eigenvalue weighted by Gasteiger charge is 2.25. The Morgan fingerprint density at radius 2 is 1.86 bits per heavy atom. The third kappa shape index (κ3) is 7.86. The Morgan fingerprint density at radius 1 is 1.14 bits per heavy atom.